The molecule has 0 saturated carbocycles. The van der Waals surface area contributed by atoms with E-state index in [1.54, 1.807) is 0 Å². The summed E-state index contributed by atoms with van der Waals surface area (Å²) in [4.78, 5) is 28.2. The van der Waals surface area contributed by atoms with Crippen LogP contribution in [-0.2, 0) is 29.3 Å². The molecule has 110 valence electrons. The smallest absolute Gasteiger partial charge is 0.0828 e. The van der Waals surface area contributed by atoms with E-state index >= 15 is 0 Å². The molecule has 0 atom stereocenters. The zero-order valence-corrected chi connectivity index (χ0v) is 11.3. The van der Waals surface area contributed by atoms with Crippen molar-refractivity contribution in [2.24, 2.45) is 5.41 Å². The standard InChI is InChI=1S/C11H24O7/c1-13-16-7-4-11(10-12,5-8-17-14-2)6-9-18-15-3/h12H,4-10H2,1-3H3. The first-order valence-electron chi connectivity index (χ1n) is 5.82. The van der Waals surface area contributed by atoms with Crippen LogP contribution in [0.3, 0.4) is 0 Å². The maximum atomic E-state index is 9.59. The van der Waals surface area contributed by atoms with Crippen LogP contribution in [0.2, 0.25) is 0 Å². The van der Waals surface area contributed by atoms with Crippen molar-refractivity contribution in [3.8, 4) is 0 Å². The fourth-order valence-electron chi connectivity index (χ4n) is 1.64. The van der Waals surface area contributed by atoms with Gasteiger partial charge in [-0.1, -0.05) is 0 Å². The highest BCUT2D eigenvalue weighted by Crippen LogP contribution is 2.30. The van der Waals surface area contributed by atoms with Crippen LogP contribution < -0.4 is 0 Å². The van der Waals surface area contributed by atoms with Gasteiger partial charge in [0.05, 0.1) is 41.2 Å². The lowest BCUT2D eigenvalue weighted by Crippen LogP contribution is -2.30. The number of hydrogen-bond acceptors (Lipinski definition) is 7. The molecule has 7 nitrogen and oxygen atoms in total. The van der Waals surface area contributed by atoms with E-state index in [0.717, 1.165) is 0 Å². The van der Waals surface area contributed by atoms with E-state index in [0.29, 0.717) is 39.1 Å². The van der Waals surface area contributed by atoms with Crippen LogP contribution in [0.4, 0.5) is 0 Å². The lowest BCUT2D eigenvalue weighted by molar-refractivity contribution is -0.291. The van der Waals surface area contributed by atoms with Crippen molar-refractivity contribution in [2.45, 2.75) is 19.3 Å². The summed E-state index contributed by atoms with van der Waals surface area (Å²) in [6.45, 7) is 1.16. The maximum Gasteiger partial charge on any atom is 0.0828 e. The zero-order chi connectivity index (χ0) is 13.7. The van der Waals surface area contributed by atoms with Gasteiger partial charge in [-0.3, -0.25) is 0 Å². The van der Waals surface area contributed by atoms with Crippen molar-refractivity contribution in [1.82, 2.24) is 0 Å². The third kappa shape index (κ3) is 7.93. The fourth-order valence-corrected chi connectivity index (χ4v) is 1.64. The highest BCUT2D eigenvalue weighted by Gasteiger charge is 2.29. The fraction of sp³-hybridized carbons (Fsp3) is 1.00. The first kappa shape index (κ1) is 17.7. The second kappa shape index (κ2) is 11.8. The second-order valence-corrected chi connectivity index (χ2v) is 3.87. The molecule has 18 heavy (non-hydrogen) atoms. The van der Waals surface area contributed by atoms with Gasteiger partial charge in [-0.25, -0.2) is 29.3 Å². The monoisotopic (exact) mass is 268 g/mol. The van der Waals surface area contributed by atoms with Crippen molar-refractivity contribution in [2.75, 3.05) is 47.8 Å². The molecule has 0 saturated heterocycles. The van der Waals surface area contributed by atoms with Gasteiger partial charge in [-0.2, -0.15) is 0 Å². The summed E-state index contributed by atoms with van der Waals surface area (Å²) in [7, 11) is 4.34. The van der Waals surface area contributed by atoms with Crippen LogP contribution >= 0.6 is 0 Å². The average Bonchev–Trinajstić information content (AvgIpc) is 2.39. The minimum absolute atomic E-state index is 0.000221. The molecule has 0 aromatic carbocycles. The van der Waals surface area contributed by atoms with Gasteiger partial charge in [0.25, 0.3) is 0 Å². The Morgan fingerprint density at radius 2 is 1.06 bits per heavy atom. The maximum absolute atomic E-state index is 9.59. The molecule has 0 bridgehead atoms. The topological polar surface area (TPSA) is 75.6 Å². The molecule has 0 aliphatic heterocycles. The van der Waals surface area contributed by atoms with Crippen molar-refractivity contribution < 1.29 is 34.4 Å². The third-order valence-corrected chi connectivity index (χ3v) is 2.84. The number of hydrogen-bond donors (Lipinski definition) is 1. The van der Waals surface area contributed by atoms with E-state index < -0.39 is 0 Å². The van der Waals surface area contributed by atoms with Gasteiger partial charge >= 0.3 is 0 Å². The normalized spacial score (nSPS) is 12.0. The molecule has 0 aromatic rings. The molecule has 1 N–H and O–H groups in total. The minimum Gasteiger partial charge on any atom is -0.396 e. The Balaban J connectivity index is 4.20. The van der Waals surface area contributed by atoms with E-state index in [4.69, 9.17) is 14.7 Å². The zero-order valence-electron chi connectivity index (χ0n) is 11.3. The predicted molar refractivity (Wildman–Crippen MR) is 62.3 cm³/mol. The van der Waals surface area contributed by atoms with Gasteiger partial charge in [-0.05, 0) is 19.3 Å². The first-order chi connectivity index (χ1) is 8.74. The quantitative estimate of drug-likeness (QED) is 0.302. The summed E-state index contributed by atoms with van der Waals surface area (Å²) in [6.07, 6.45) is 1.87. The third-order valence-electron chi connectivity index (χ3n) is 2.84. The van der Waals surface area contributed by atoms with Crippen LogP contribution in [0.25, 0.3) is 0 Å². The summed E-state index contributed by atoms with van der Waals surface area (Å²) in [5.41, 5.74) is -0.365. The van der Waals surface area contributed by atoms with Gasteiger partial charge in [-0.15, -0.1) is 0 Å². The Morgan fingerprint density at radius 1 is 0.722 bits per heavy atom. The summed E-state index contributed by atoms with van der Waals surface area (Å²) in [6, 6.07) is 0. The van der Waals surface area contributed by atoms with Gasteiger partial charge < -0.3 is 5.11 Å². The van der Waals surface area contributed by atoms with E-state index in [2.05, 4.69) is 14.7 Å². The number of rotatable bonds is 13. The Bertz CT molecular complexity index is 150. The Morgan fingerprint density at radius 3 is 1.28 bits per heavy atom. The molecule has 0 rings (SSSR count). The van der Waals surface area contributed by atoms with E-state index in [1.807, 2.05) is 0 Å². The Labute approximate surface area is 108 Å². The molecular formula is C11H24O7. The van der Waals surface area contributed by atoms with Gasteiger partial charge in [0.2, 0.25) is 0 Å². The van der Waals surface area contributed by atoms with Gasteiger partial charge in [0.1, 0.15) is 0 Å². The molecule has 0 aliphatic carbocycles. The van der Waals surface area contributed by atoms with Crippen LogP contribution in [0, 0.1) is 5.41 Å². The van der Waals surface area contributed by atoms with Crippen LogP contribution in [-0.4, -0.2) is 52.9 Å². The molecule has 0 unspecified atom stereocenters. The predicted octanol–water partition coefficient (Wildman–Crippen LogP) is 0.869. The van der Waals surface area contributed by atoms with Crippen molar-refractivity contribution in [3.63, 3.8) is 0 Å². The minimum atomic E-state index is -0.365. The van der Waals surface area contributed by atoms with Crippen LogP contribution in [0.15, 0.2) is 0 Å². The summed E-state index contributed by atoms with van der Waals surface area (Å²) in [5.74, 6) is 0. The van der Waals surface area contributed by atoms with Crippen molar-refractivity contribution in [3.05, 3.63) is 0 Å². The van der Waals surface area contributed by atoms with Crippen LogP contribution in [0.5, 0.6) is 0 Å². The van der Waals surface area contributed by atoms with Crippen molar-refractivity contribution in [1.29, 1.82) is 0 Å². The molecular weight excluding hydrogens is 244 g/mol. The molecule has 0 aromatic heterocycles. The Kier molecular flexibility index (Phi) is 11.6. The van der Waals surface area contributed by atoms with E-state index in [-0.39, 0.29) is 12.0 Å². The lowest BCUT2D eigenvalue weighted by atomic mass is 9.79. The second-order valence-electron chi connectivity index (χ2n) is 3.87. The van der Waals surface area contributed by atoms with E-state index in [1.165, 1.54) is 21.3 Å². The first-order valence-corrected chi connectivity index (χ1v) is 5.82. The molecule has 0 aliphatic rings. The van der Waals surface area contributed by atoms with Gasteiger partial charge in [0.15, 0.2) is 0 Å². The van der Waals surface area contributed by atoms with Gasteiger partial charge in [0, 0.05) is 12.0 Å². The molecule has 0 amide bonds. The van der Waals surface area contributed by atoms with E-state index in [9.17, 15) is 5.11 Å². The summed E-state index contributed by atoms with van der Waals surface area (Å²) in [5, 5.41) is 9.59. The molecule has 0 spiro atoms. The molecule has 0 heterocycles. The highest BCUT2D eigenvalue weighted by molar-refractivity contribution is 4.78. The molecule has 0 fully saturated rings. The van der Waals surface area contributed by atoms with Crippen LogP contribution in [0.1, 0.15) is 19.3 Å². The molecule has 0 radical (unpaired) electrons. The Hall–Kier alpha value is -0.280. The summed E-state index contributed by atoms with van der Waals surface area (Å²) < 4.78 is 0. The lowest BCUT2D eigenvalue weighted by Gasteiger charge is -2.31. The van der Waals surface area contributed by atoms with Crippen molar-refractivity contribution >= 4 is 0 Å². The summed E-state index contributed by atoms with van der Waals surface area (Å²) >= 11 is 0. The largest absolute Gasteiger partial charge is 0.396 e. The number of aliphatic hydroxyl groups is 1. The highest BCUT2D eigenvalue weighted by atomic mass is 17.2. The number of aliphatic hydroxyl groups excluding tert-OH is 1. The average molecular weight is 268 g/mol. The SMILES string of the molecule is COOCCC(CO)(CCOOC)CCOOC. The molecule has 7 heteroatoms.